The van der Waals surface area contributed by atoms with E-state index in [4.69, 9.17) is 4.74 Å². The van der Waals surface area contributed by atoms with E-state index in [1.807, 2.05) is 87.6 Å². The van der Waals surface area contributed by atoms with Crippen LogP contribution in [0.2, 0.25) is 0 Å². The molecule has 5 rings (SSSR count). The molecule has 1 saturated heterocycles. The molecule has 1 aliphatic heterocycles. The summed E-state index contributed by atoms with van der Waals surface area (Å²) in [5.41, 5.74) is 1.92. The molecule has 8 heteroatoms. The summed E-state index contributed by atoms with van der Waals surface area (Å²) < 4.78 is 7.49. The lowest BCUT2D eigenvalue weighted by molar-refractivity contribution is -0.134. The van der Waals surface area contributed by atoms with Crippen LogP contribution in [0, 0.1) is 0 Å². The Morgan fingerprint density at radius 3 is 2.34 bits per heavy atom. The van der Waals surface area contributed by atoms with Crippen LogP contribution in [0.25, 0.3) is 16.4 Å². The standard InChI is InChI=1S/C24H22N4O2S2/c29-23(27-13-15-30-16-14-27)21(18-8-3-1-4-9-18)32-24-26-25-22(20-12-7-17-31-20)28(24)19-10-5-2-6-11-19/h1-12,17,21H,13-16H2/t21-/m1/s1. The molecule has 32 heavy (non-hydrogen) atoms. The Labute approximate surface area is 194 Å². The third kappa shape index (κ3) is 4.34. The maximum Gasteiger partial charge on any atom is 0.240 e. The van der Waals surface area contributed by atoms with Crippen LogP contribution < -0.4 is 0 Å². The quantitative estimate of drug-likeness (QED) is 0.389. The molecule has 3 heterocycles. The fourth-order valence-electron chi connectivity index (χ4n) is 3.67. The Bertz CT molecular complexity index is 1160. The van der Waals surface area contributed by atoms with Gasteiger partial charge in [0, 0.05) is 18.8 Å². The fraction of sp³-hybridized carbons (Fsp3) is 0.208. The van der Waals surface area contributed by atoms with E-state index in [0.29, 0.717) is 31.5 Å². The minimum absolute atomic E-state index is 0.0739. The Kier molecular flexibility index (Phi) is 6.34. The van der Waals surface area contributed by atoms with Gasteiger partial charge in [-0.05, 0) is 29.1 Å². The van der Waals surface area contributed by atoms with Crippen molar-refractivity contribution in [3.05, 3.63) is 83.7 Å². The van der Waals surface area contributed by atoms with Gasteiger partial charge in [-0.2, -0.15) is 0 Å². The molecule has 0 saturated carbocycles. The van der Waals surface area contributed by atoms with Crippen LogP contribution in [0.3, 0.4) is 0 Å². The molecule has 0 radical (unpaired) electrons. The molecule has 0 N–H and O–H groups in total. The Hall–Kier alpha value is -2.94. The van der Waals surface area contributed by atoms with Crippen molar-refractivity contribution < 1.29 is 9.53 Å². The summed E-state index contributed by atoms with van der Waals surface area (Å²) in [4.78, 5) is 16.5. The van der Waals surface area contributed by atoms with Crippen molar-refractivity contribution in [2.24, 2.45) is 0 Å². The van der Waals surface area contributed by atoms with Gasteiger partial charge in [0.05, 0.1) is 18.1 Å². The van der Waals surface area contributed by atoms with E-state index in [9.17, 15) is 4.79 Å². The zero-order valence-electron chi connectivity index (χ0n) is 17.3. The number of carbonyl (C=O) groups excluding carboxylic acids is 1. The number of thiophene rings is 1. The van der Waals surface area contributed by atoms with E-state index in [1.54, 1.807) is 11.3 Å². The molecule has 0 unspecified atom stereocenters. The van der Waals surface area contributed by atoms with Crippen molar-refractivity contribution in [1.29, 1.82) is 0 Å². The molecule has 4 aromatic rings. The van der Waals surface area contributed by atoms with Gasteiger partial charge >= 0.3 is 0 Å². The monoisotopic (exact) mass is 462 g/mol. The lowest BCUT2D eigenvalue weighted by atomic mass is 10.1. The largest absolute Gasteiger partial charge is 0.378 e. The zero-order valence-corrected chi connectivity index (χ0v) is 19.0. The highest BCUT2D eigenvalue weighted by Gasteiger charge is 2.30. The predicted molar refractivity (Wildman–Crippen MR) is 127 cm³/mol. The van der Waals surface area contributed by atoms with Crippen molar-refractivity contribution in [1.82, 2.24) is 19.7 Å². The van der Waals surface area contributed by atoms with Gasteiger partial charge in [-0.3, -0.25) is 9.36 Å². The Balaban J connectivity index is 1.56. The molecule has 2 aromatic heterocycles. The molecule has 0 spiro atoms. The van der Waals surface area contributed by atoms with Crippen molar-refractivity contribution in [3.8, 4) is 16.4 Å². The summed E-state index contributed by atoms with van der Waals surface area (Å²) in [7, 11) is 0. The zero-order chi connectivity index (χ0) is 21.8. The van der Waals surface area contributed by atoms with Gasteiger partial charge in [-0.25, -0.2) is 0 Å². The highest BCUT2D eigenvalue weighted by Crippen LogP contribution is 2.39. The van der Waals surface area contributed by atoms with E-state index < -0.39 is 5.25 Å². The minimum Gasteiger partial charge on any atom is -0.378 e. The average Bonchev–Trinajstić information content (AvgIpc) is 3.54. The summed E-state index contributed by atoms with van der Waals surface area (Å²) >= 11 is 3.07. The fourth-order valence-corrected chi connectivity index (χ4v) is 5.50. The molecule has 162 valence electrons. The second-order valence-corrected chi connectivity index (χ2v) is 9.32. The maximum atomic E-state index is 13.6. The van der Waals surface area contributed by atoms with Gasteiger partial charge in [0.1, 0.15) is 5.25 Å². The molecule has 1 aliphatic rings. The van der Waals surface area contributed by atoms with E-state index in [2.05, 4.69) is 10.2 Å². The van der Waals surface area contributed by atoms with Gasteiger partial charge in [-0.15, -0.1) is 21.5 Å². The number of aromatic nitrogens is 3. The van der Waals surface area contributed by atoms with E-state index >= 15 is 0 Å². The van der Waals surface area contributed by atoms with Crippen LogP contribution in [0.4, 0.5) is 0 Å². The SMILES string of the molecule is O=C([C@H](Sc1nnc(-c2cccs2)n1-c1ccccc1)c1ccccc1)N1CCOCC1. The third-order valence-electron chi connectivity index (χ3n) is 5.26. The molecule has 6 nitrogen and oxygen atoms in total. The van der Waals surface area contributed by atoms with Crippen molar-refractivity contribution in [3.63, 3.8) is 0 Å². The molecule has 0 bridgehead atoms. The van der Waals surface area contributed by atoms with Gasteiger partial charge in [-0.1, -0.05) is 66.4 Å². The number of hydrogen-bond donors (Lipinski definition) is 0. The second kappa shape index (κ2) is 9.68. The minimum atomic E-state index is -0.419. The summed E-state index contributed by atoms with van der Waals surface area (Å²) in [6, 6.07) is 24.0. The first-order valence-corrected chi connectivity index (χ1v) is 12.2. The molecule has 0 aliphatic carbocycles. The first-order chi connectivity index (χ1) is 15.8. The number of hydrogen-bond acceptors (Lipinski definition) is 6. The van der Waals surface area contributed by atoms with Crippen LogP contribution in [-0.2, 0) is 9.53 Å². The number of nitrogens with zero attached hydrogens (tertiary/aromatic N) is 4. The molecule has 2 aromatic carbocycles. The highest BCUT2D eigenvalue weighted by molar-refractivity contribution is 8.00. The first-order valence-electron chi connectivity index (χ1n) is 10.4. The number of amides is 1. The first kappa shape index (κ1) is 20.9. The van der Waals surface area contributed by atoms with E-state index in [1.165, 1.54) is 11.8 Å². The number of para-hydroxylation sites is 1. The van der Waals surface area contributed by atoms with Gasteiger partial charge < -0.3 is 9.64 Å². The van der Waals surface area contributed by atoms with Crippen LogP contribution in [0.5, 0.6) is 0 Å². The average molecular weight is 463 g/mol. The molecular weight excluding hydrogens is 440 g/mol. The number of ether oxygens (including phenoxy) is 1. The van der Waals surface area contributed by atoms with E-state index in [0.717, 1.165) is 22.0 Å². The highest BCUT2D eigenvalue weighted by atomic mass is 32.2. The Morgan fingerprint density at radius 2 is 1.66 bits per heavy atom. The number of thioether (sulfide) groups is 1. The van der Waals surface area contributed by atoms with E-state index in [-0.39, 0.29) is 5.91 Å². The molecule has 1 fully saturated rings. The Morgan fingerprint density at radius 1 is 0.938 bits per heavy atom. The molecule has 1 atom stereocenters. The summed E-state index contributed by atoms with van der Waals surface area (Å²) in [5.74, 6) is 0.851. The number of rotatable bonds is 6. The number of morpholine rings is 1. The van der Waals surface area contributed by atoms with Gasteiger partial charge in [0.25, 0.3) is 0 Å². The van der Waals surface area contributed by atoms with Crippen LogP contribution >= 0.6 is 23.1 Å². The number of carbonyl (C=O) groups is 1. The normalized spacial score (nSPS) is 14.9. The predicted octanol–water partition coefficient (Wildman–Crippen LogP) is 4.69. The summed E-state index contributed by atoms with van der Waals surface area (Å²) in [5, 5.41) is 11.3. The lowest BCUT2D eigenvalue weighted by Crippen LogP contribution is -2.42. The third-order valence-corrected chi connectivity index (χ3v) is 7.31. The van der Waals surface area contributed by atoms with Crippen LogP contribution in [-0.4, -0.2) is 51.9 Å². The smallest absolute Gasteiger partial charge is 0.240 e. The van der Waals surface area contributed by atoms with Crippen LogP contribution in [0.15, 0.2) is 83.3 Å². The van der Waals surface area contributed by atoms with Gasteiger partial charge in [0.2, 0.25) is 5.91 Å². The summed E-state index contributed by atoms with van der Waals surface area (Å²) in [6.45, 7) is 2.35. The topological polar surface area (TPSA) is 60.2 Å². The second-order valence-electron chi connectivity index (χ2n) is 7.30. The molecular formula is C24H22N4O2S2. The maximum absolute atomic E-state index is 13.6. The lowest BCUT2D eigenvalue weighted by Gasteiger charge is -2.30. The van der Waals surface area contributed by atoms with Crippen LogP contribution in [0.1, 0.15) is 10.8 Å². The van der Waals surface area contributed by atoms with Crippen molar-refractivity contribution in [2.75, 3.05) is 26.3 Å². The summed E-state index contributed by atoms with van der Waals surface area (Å²) in [6.07, 6.45) is 0. The van der Waals surface area contributed by atoms with Gasteiger partial charge in [0.15, 0.2) is 11.0 Å². The molecule has 1 amide bonds. The van der Waals surface area contributed by atoms with Crippen molar-refractivity contribution in [2.45, 2.75) is 10.4 Å². The number of benzene rings is 2. The van der Waals surface area contributed by atoms with Crippen molar-refractivity contribution >= 4 is 29.0 Å².